The minimum atomic E-state index is -5.09. The molecule has 96 valence electrons. The van der Waals surface area contributed by atoms with E-state index in [1.807, 2.05) is 6.92 Å². The van der Waals surface area contributed by atoms with Crippen molar-refractivity contribution in [2.24, 2.45) is 0 Å². The van der Waals surface area contributed by atoms with Gasteiger partial charge in [-0.2, -0.15) is 0 Å². The Morgan fingerprint density at radius 2 is 1.78 bits per heavy atom. The molecule has 0 heterocycles. The van der Waals surface area contributed by atoms with Gasteiger partial charge in [-0.15, -0.1) is 0 Å². The summed E-state index contributed by atoms with van der Waals surface area (Å²) in [5.41, 5.74) is -0.624. The van der Waals surface area contributed by atoms with Crippen LogP contribution in [0.1, 0.15) is 13.3 Å². The summed E-state index contributed by atoms with van der Waals surface area (Å²) >= 11 is 0. The summed E-state index contributed by atoms with van der Waals surface area (Å²) in [4.78, 5) is 0. The van der Waals surface area contributed by atoms with Crippen LogP contribution in [0, 0.1) is 0 Å². The molecular weight excluding hydrogens is 240 g/mol. The van der Waals surface area contributed by atoms with Crippen LogP contribution in [0.3, 0.4) is 0 Å². The molecule has 0 atom stereocenters. The van der Waals surface area contributed by atoms with Gasteiger partial charge >= 0.3 is 6.98 Å². The summed E-state index contributed by atoms with van der Waals surface area (Å²) in [6.45, 7) is -2.94. The lowest BCUT2D eigenvalue weighted by Gasteiger charge is -2.22. The van der Waals surface area contributed by atoms with Gasteiger partial charge in [-0.1, -0.05) is 42.7 Å². The van der Waals surface area contributed by atoms with E-state index in [0.717, 1.165) is 0 Å². The van der Waals surface area contributed by atoms with Crippen molar-refractivity contribution in [2.45, 2.75) is 13.3 Å². The van der Waals surface area contributed by atoms with E-state index >= 15 is 0 Å². The molecule has 18 heavy (non-hydrogen) atoms. The quantitative estimate of drug-likeness (QED) is 0.755. The van der Waals surface area contributed by atoms with Gasteiger partial charge in [-0.3, -0.25) is 0 Å². The van der Waals surface area contributed by atoms with Crippen molar-refractivity contribution >= 4 is 23.2 Å². The van der Waals surface area contributed by atoms with Crippen molar-refractivity contribution in [3.05, 3.63) is 36.4 Å². The summed E-state index contributed by atoms with van der Waals surface area (Å²) in [6, 6.07) is 9.55. The molecule has 0 bridgehead atoms. The van der Waals surface area contributed by atoms with Crippen LogP contribution in [-0.4, -0.2) is 13.6 Å². The Kier molecular flexibility index (Phi) is 3.50. The van der Waals surface area contributed by atoms with E-state index < -0.39 is 12.4 Å². The van der Waals surface area contributed by atoms with E-state index in [1.165, 1.54) is 12.1 Å². The SMILES string of the molecule is CCCOc1ccc2ccccc2c1[B-](F)(F)F. The van der Waals surface area contributed by atoms with Gasteiger partial charge < -0.3 is 17.7 Å². The molecule has 0 aliphatic heterocycles. The van der Waals surface area contributed by atoms with Crippen LogP contribution in [0.15, 0.2) is 36.4 Å². The van der Waals surface area contributed by atoms with Crippen LogP contribution in [0.4, 0.5) is 12.9 Å². The van der Waals surface area contributed by atoms with Gasteiger partial charge in [0.05, 0.1) is 12.4 Å². The van der Waals surface area contributed by atoms with Crippen molar-refractivity contribution in [1.29, 1.82) is 0 Å². The molecule has 2 rings (SSSR count). The molecule has 2 aromatic carbocycles. The van der Waals surface area contributed by atoms with Gasteiger partial charge in [-0.05, 0) is 23.3 Å². The molecule has 5 heteroatoms. The standard InChI is InChI=1S/C13H13BF3O/c1-2-9-18-12-8-7-10-5-3-4-6-11(10)13(12)14(15,16)17/h3-8H,2,9H2,1H3/q-1. The molecule has 0 saturated heterocycles. The maximum atomic E-state index is 13.2. The van der Waals surface area contributed by atoms with E-state index in [-0.39, 0.29) is 17.7 Å². The van der Waals surface area contributed by atoms with E-state index in [9.17, 15) is 12.9 Å². The molecular formula is C13H13BF3O-. The average molecular weight is 253 g/mol. The first-order chi connectivity index (χ1) is 8.54. The number of hydrogen-bond acceptors (Lipinski definition) is 1. The molecule has 0 radical (unpaired) electrons. The maximum Gasteiger partial charge on any atom is 0.513 e. The molecule has 0 fully saturated rings. The fourth-order valence-corrected chi connectivity index (χ4v) is 1.95. The van der Waals surface area contributed by atoms with Crippen LogP contribution >= 0.6 is 0 Å². The number of benzene rings is 2. The zero-order valence-corrected chi connectivity index (χ0v) is 10.00. The second-order valence-electron chi connectivity index (χ2n) is 4.12. The van der Waals surface area contributed by atoms with E-state index in [4.69, 9.17) is 4.74 Å². The fraction of sp³-hybridized carbons (Fsp3) is 0.231. The van der Waals surface area contributed by atoms with E-state index in [1.54, 1.807) is 24.3 Å². The first kappa shape index (κ1) is 12.8. The average Bonchev–Trinajstić information content (AvgIpc) is 2.34. The van der Waals surface area contributed by atoms with Crippen LogP contribution < -0.4 is 10.2 Å². The fourth-order valence-electron chi connectivity index (χ4n) is 1.95. The summed E-state index contributed by atoms with van der Waals surface area (Å²) in [5, 5.41) is 0.786. The first-order valence-corrected chi connectivity index (χ1v) is 5.88. The molecule has 1 nitrogen and oxygen atoms in total. The van der Waals surface area contributed by atoms with Crippen molar-refractivity contribution in [1.82, 2.24) is 0 Å². The zero-order valence-electron chi connectivity index (χ0n) is 10.00. The third-order valence-electron chi connectivity index (χ3n) is 2.72. The normalized spacial score (nSPS) is 11.8. The topological polar surface area (TPSA) is 9.23 Å². The van der Waals surface area contributed by atoms with Crippen LogP contribution in [-0.2, 0) is 0 Å². The molecule has 0 amide bonds. The lowest BCUT2D eigenvalue weighted by molar-refractivity contribution is 0.318. The Hall–Kier alpha value is -1.65. The number of halogens is 3. The number of ether oxygens (including phenoxy) is 1. The van der Waals surface area contributed by atoms with E-state index in [2.05, 4.69) is 0 Å². The highest BCUT2D eigenvalue weighted by atomic mass is 19.4. The summed E-state index contributed by atoms with van der Waals surface area (Å²) in [5.74, 6) is -0.0666. The molecule has 0 aliphatic rings. The van der Waals surface area contributed by atoms with Crippen molar-refractivity contribution < 1.29 is 17.7 Å². The lowest BCUT2D eigenvalue weighted by Crippen LogP contribution is -2.36. The highest BCUT2D eigenvalue weighted by molar-refractivity contribution is 6.76. The highest BCUT2D eigenvalue weighted by Gasteiger charge is 2.31. The Labute approximate surface area is 104 Å². The molecule has 0 unspecified atom stereocenters. The largest absolute Gasteiger partial charge is 0.513 e. The second-order valence-corrected chi connectivity index (χ2v) is 4.12. The van der Waals surface area contributed by atoms with Gasteiger partial charge in [0.15, 0.2) is 0 Å². The Morgan fingerprint density at radius 3 is 2.44 bits per heavy atom. The first-order valence-electron chi connectivity index (χ1n) is 5.88. The number of hydrogen-bond donors (Lipinski definition) is 0. The highest BCUT2D eigenvalue weighted by Crippen LogP contribution is 2.25. The van der Waals surface area contributed by atoms with Crippen LogP contribution in [0.25, 0.3) is 10.8 Å². The second kappa shape index (κ2) is 4.92. The Bertz CT molecular complexity index is 551. The molecule has 0 aliphatic carbocycles. The maximum absolute atomic E-state index is 13.2. The number of rotatable bonds is 4. The van der Waals surface area contributed by atoms with E-state index in [0.29, 0.717) is 11.8 Å². The molecule has 0 spiro atoms. The van der Waals surface area contributed by atoms with Gasteiger partial charge in [0, 0.05) is 0 Å². The Morgan fingerprint density at radius 1 is 1.06 bits per heavy atom. The summed E-state index contributed by atoms with van der Waals surface area (Å²) in [7, 11) is 0. The van der Waals surface area contributed by atoms with Gasteiger partial charge in [0.2, 0.25) is 0 Å². The van der Waals surface area contributed by atoms with Crippen molar-refractivity contribution in [3.63, 3.8) is 0 Å². The molecule has 0 saturated carbocycles. The minimum Gasteiger partial charge on any atom is -0.497 e. The number of fused-ring (bicyclic) bond motifs is 1. The van der Waals surface area contributed by atoms with Crippen LogP contribution in [0.2, 0.25) is 0 Å². The predicted octanol–water partition coefficient (Wildman–Crippen LogP) is 3.68. The van der Waals surface area contributed by atoms with Crippen LogP contribution in [0.5, 0.6) is 5.75 Å². The van der Waals surface area contributed by atoms with Crippen molar-refractivity contribution in [2.75, 3.05) is 6.61 Å². The third-order valence-corrected chi connectivity index (χ3v) is 2.72. The molecule has 0 aromatic heterocycles. The lowest BCUT2D eigenvalue weighted by atomic mass is 9.76. The summed E-state index contributed by atoms with van der Waals surface area (Å²) in [6.07, 6.45) is 0.678. The monoisotopic (exact) mass is 253 g/mol. The smallest absolute Gasteiger partial charge is 0.497 e. The van der Waals surface area contributed by atoms with Gasteiger partial charge in [0.25, 0.3) is 0 Å². The van der Waals surface area contributed by atoms with Gasteiger partial charge in [-0.25, -0.2) is 0 Å². The summed E-state index contributed by atoms with van der Waals surface area (Å²) < 4.78 is 44.8. The van der Waals surface area contributed by atoms with Crippen molar-refractivity contribution in [3.8, 4) is 5.75 Å². The Balaban J connectivity index is 2.63. The molecule has 2 aromatic rings. The predicted molar refractivity (Wildman–Crippen MR) is 68.4 cm³/mol. The zero-order chi connectivity index (χ0) is 13.2. The van der Waals surface area contributed by atoms with Gasteiger partial charge in [0.1, 0.15) is 0 Å². The minimum absolute atomic E-state index is 0.0666. The third kappa shape index (κ3) is 2.45. The molecule has 0 N–H and O–H groups in total.